The summed E-state index contributed by atoms with van der Waals surface area (Å²) in [5, 5.41) is 7.05. The average Bonchev–Trinajstić information content (AvgIpc) is 2.60. The summed E-state index contributed by atoms with van der Waals surface area (Å²) < 4.78 is 78.0. The Labute approximate surface area is 148 Å². The lowest BCUT2D eigenvalue weighted by Gasteiger charge is -2.13. The molecular formula is C17H10F6N4. The predicted octanol–water partition coefficient (Wildman–Crippen LogP) is 5.95. The van der Waals surface area contributed by atoms with Crippen molar-refractivity contribution in [3.05, 3.63) is 65.4 Å². The largest absolute Gasteiger partial charge is 0.433 e. The molecule has 0 atom stereocenters. The molecule has 0 bridgehead atoms. The fourth-order valence-corrected chi connectivity index (χ4v) is 2.30. The molecular weight excluding hydrogens is 374 g/mol. The second kappa shape index (κ2) is 6.93. The third-order valence-corrected chi connectivity index (χ3v) is 3.52. The summed E-state index contributed by atoms with van der Waals surface area (Å²) >= 11 is 0. The van der Waals surface area contributed by atoms with Crippen molar-refractivity contribution in [3.63, 3.8) is 0 Å². The maximum Gasteiger partial charge on any atom is 0.433 e. The van der Waals surface area contributed by atoms with E-state index in [1.807, 2.05) is 6.07 Å². The number of hydrogen-bond donors (Lipinski definition) is 0. The van der Waals surface area contributed by atoms with Gasteiger partial charge in [0.15, 0.2) is 11.5 Å². The van der Waals surface area contributed by atoms with E-state index in [-0.39, 0.29) is 18.4 Å². The van der Waals surface area contributed by atoms with E-state index in [1.165, 1.54) is 0 Å². The summed E-state index contributed by atoms with van der Waals surface area (Å²) in [5.74, 6) is -0.140. The molecule has 27 heavy (non-hydrogen) atoms. The molecule has 4 nitrogen and oxygen atoms in total. The number of hydrogen-bond acceptors (Lipinski definition) is 4. The molecule has 2 heterocycles. The zero-order chi connectivity index (χ0) is 19.7. The van der Waals surface area contributed by atoms with Gasteiger partial charge < -0.3 is 0 Å². The van der Waals surface area contributed by atoms with Gasteiger partial charge in [-0.25, -0.2) is 9.97 Å². The van der Waals surface area contributed by atoms with Crippen LogP contribution in [0.25, 0.3) is 11.0 Å². The Morgan fingerprint density at radius 1 is 0.815 bits per heavy atom. The van der Waals surface area contributed by atoms with E-state index in [1.54, 1.807) is 24.3 Å². The minimum Gasteiger partial charge on any atom is -0.223 e. The van der Waals surface area contributed by atoms with Gasteiger partial charge in [-0.15, -0.1) is 5.11 Å². The highest BCUT2D eigenvalue weighted by Gasteiger charge is 2.39. The lowest BCUT2D eigenvalue weighted by atomic mass is 10.1. The minimum absolute atomic E-state index is 0.0272. The summed E-state index contributed by atoms with van der Waals surface area (Å²) in [5.41, 5.74) is -3.00. The van der Waals surface area contributed by atoms with E-state index in [4.69, 9.17) is 0 Å². The Bertz CT molecular complexity index is 980. The Morgan fingerprint density at radius 3 is 2.15 bits per heavy atom. The first-order valence-corrected chi connectivity index (χ1v) is 7.52. The summed E-state index contributed by atoms with van der Waals surface area (Å²) in [6.07, 6.45) is -10.0. The van der Waals surface area contributed by atoms with E-state index in [2.05, 4.69) is 20.2 Å². The molecule has 10 heteroatoms. The summed E-state index contributed by atoms with van der Waals surface area (Å²) in [6, 6.07) is 11.1. The van der Waals surface area contributed by atoms with Crippen LogP contribution >= 0.6 is 0 Å². The first-order chi connectivity index (χ1) is 12.6. The fourth-order valence-electron chi connectivity index (χ4n) is 2.30. The van der Waals surface area contributed by atoms with E-state index >= 15 is 0 Å². The smallest absolute Gasteiger partial charge is 0.223 e. The van der Waals surface area contributed by atoms with Crippen molar-refractivity contribution in [1.29, 1.82) is 0 Å². The number of aromatic nitrogens is 2. The number of halogens is 6. The van der Waals surface area contributed by atoms with Crippen molar-refractivity contribution >= 4 is 16.9 Å². The number of benzene rings is 1. The van der Waals surface area contributed by atoms with Crippen LogP contribution < -0.4 is 0 Å². The van der Waals surface area contributed by atoms with Gasteiger partial charge in [-0.3, -0.25) is 0 Å². The van der Waals surface area contributed by atoms with Crippen LogP contribution in [0.1, 0.15) is 16.8 Å². The number of azo groups is 1. The molecule has 0 unspecified atom stereocenters. The molecule has 3 aromatic rings. The van der Waals surface area contributed by atoms with Crippen LogP contribution in [-0.4, -0.2) is 9.97 Å². The molecule has 0 saturated heterocycles. The summed E-state index contributed by atoms with van der Waals surface area (Å²) in [7, 11) is 0. The standard InChI is InChI=1S/C17H10F6N4/c18-16(19,20)12-8-13(17(21,22)23)25-15-11(12)6-7-14(26-15)27-24-9-10-4-2-1-3-5-10/h1-8H,9H2. The Hall–Kier alpha value is -3.04. The molecule has 0 fully saturated rings. The van der Waals surface area contributed by atoms with Gasteiger partial charge in [-0.1, -0.05) is 30.3 Å². The van der Waals surface area contributed by atoms with Gasteiger partial charge in [0.1, 0.15) is 5.69 Å². The van der Waals surface area contributed by atoms with Crippen molar-refractivity contribution in [1.82, 2.24) is 9.97 Å². The highest BCUT2D eigenvalue weighted by Crippen LogP contribution is 2.38. The van der Waals surface area contributed by atoms with Gasteiger partial charge in [0, 0.05) is 5.39 Å². The third kappa shape index (κ3) is 4.39. The lowest BCUT2D eigenvalue weighted by molar-refractivity contribution is -0.144. The second-order valence-corrected chi connectivity index (χ2v) is 5.48. The molecule has 0 amide bonds. The van der Waals surface area contributed by atoms with Crippen molar-refractivity contribution in [2.75, 3.05) is 0 Å². The van der Waals surface area contributed by atoms with Crippen LogP contribution in [0, 0.1) is 0 Å². The predicted molar refractivity (Wildman–Crippen MR) is 84.2 cm³/mol. The van der Waals surface area contributed by atoms with Crippen LogP contribution in [0.4, 0.5) is 32.2 Å². The monoisotopic (exact) mass is 384 g/mol. The number of fused-ring (bicyclic) bond motifs is 1. The van der Waals surface area contributed by atoms with Crippen molar-refractivity contribution in [2.24, 2.45) is 10.2 Å². The Morgan fingerprint density at radius 2 is 1.52 bits per heavy atom. The molecule has 0 saturated carbocycles. The Kier molecular flexibility index (Phi) is 4.81. The van der Waals surface area contributed by atoms with Crippen LogP contribution in [-0.2, 0) is 18.9 Å². The minimum atomic E-state index is -5.04. The normalized spacial score (nSPS) is 12.8. The zero-order valence-electron chi connectivity index (χ0n) is 13.4. The van der Waals surface area contributed by atoms with Crippen molar-refractivity contribution < 1.29 is 26.3 Å². The van der Waals surface area contributed by atoms with Crippen molar-refractivity contribution in [3.8, 4) is 0 Å². The third-order valence-electron chi connectivity index (χ3n) is 3.52. The first-order valence-electron chi connectivity index (χ1n) is 7.52. The quantitative estimate of drug-likeness (QED) is 0.414. The second-order valence-electron chi connectivity index (χ2n) is 5.48. The Balaban J connectivity index is 2.00. The van der Waals surface area contributed by atoms with Crippen LogP contribution in [0.5, 0.6) is 0 Å². The number of alkyl halides is 6. The van der Waals surface area contributed by atoms with Crippen LogP contribution in [0.3, 0.4) is 0 Å². The van der Waals surface area contributed by atoms with Crippen LogP contribution in [0.15, 0.2) is 58.8 Å². The number of pyridine rings is 2. The molecule has 0 N–H and O–H groups in total. The number of nitrogens with zero attached hydrogens (tertiary/aromatic N) is 4. The molecule has 0 radical (unpaired) electrons. The number of rotatable bonds is 3. The molecule has 2 aromatic heterocycles. The maximum absolute atomic E-state index is 13.1. The van der Waals surface area contributed by atoms with Gasteiger partial charge in [-0.05, 0) is 23.8 Å². The van der Waals surface area contributed by atoms with E-state index in [0.29, 0.717) is 0 Å². The molecule has 3 rings (SSSR count). The molecule has 0 spiro atoms. The maximum atomic E-state index is 13.1. The summed E-state index contributed by atoms with van der Waals surface area (Å²) in [4.78, 5) is 6.89. The van der Waals surface area contributed by atoms with Crippen LogP contribution in [0.2, 0.25) is 0 Å². The summed E-state index contributed by atoms with van der Waals surface area (Å²) in [6.45, 7) is 0.185. The fraction of sp³-hybridized carbons (Fsp3) is 0.176. The van der Waals surface area contributed by atoms with Gasteiger partial charge in [0.2, 0.25) is 0 Å². The van der Waals surface area contributed by atoms with E-state index in [0.717, 1.165) is 17.7 Å². The van der Waals surface area contributed by atoms with E-state index in [9.17, 15) is 26.3 Å². The topological polar surface area (TPSA) is 50.5 Å². The molecule has 0 aliphatic heterocycles. The van der Waals surface area contributed by atoms with Gasteiger partial charge >= 0.3 is 12.4 Å². The molecule has 0 aliphatic carbocycles. The van der Waals surface area contributed by atoms with E-state index < -0.39 is 34.6 Å². The molecule has 1 aromatic carbocycles. The SMILES string of the molecule is FC(F)(F)c1cc(C(F)(F)F)c2ccc(N=NCc3ccccc3)nc2n1. The molecule has 140 valence electrons. The lowest BCUT2D eigenvalue weighted by Crippen LogP contribution is -2.14. The molecule has 0 aliphatic rings. The highest BCUT2D eigenvalue weighted by molar-refractivity contribution is 5.81. The highest BCUT2D eigenvalue weighted by atomic mass is 19.4. The van der Waals surface area contributed by atoms with Gasteiger partial charge in [0.25, 0.3) is 0 Å². The first kappa shape index (κ1) is 18.7. The van der Waals surface area contributed by atoms with Crippen molar-refractivity contribution in [2.45, 2.75) is 18.9 Å². The zero-order valence-corrected chi connectivity index (χ0v) is 13.4. The average molecular weight is 384 g/mol. The van der Waals surface area contributed by atoms with Gasteiger partial charge in [-0.2, -0.15) is 31.5 Å². The van der Waals surface area contributed by atoms with Gasteiger partial charge in [0.05, 0.1) is 12.1 Å².